The molecular formula is C20H19BrN2O2. The molecule has 4 rings (SSSR count). The van der Waals surface area contributed by atoms with Crippen molar-refractivity contribution >= 4 is 54.8 Å². The summed E-state index contributed by atoms with van der Waals surface area (Å²) in [7, 11) is 0. The number of rotatable bonds is 3. The van der Waals surface area contributed by atoms with Crippen LogP contribution in [0, 0.1) is 0 Å². The molecule has 5 heteroatoms. The average molecular weight is 399 g/mol. The van der Waals surface area contributed by atoms with Gasteiger partial charge in [-0.1, -0.05) is 28.9 Å². The van der Waals surface area contributed by atoms with Crippen molar-refractivity contribution in [3.05, 3.63) is 46.4 Å². The van der Waals surface area contributed by atoms with E-state index >= 15 is 0 Å². The minimum absolute atomic E-state index is 0.0770. The Morgan fingerprint density at radius 2 is 2.00 bits per heavy atom. The van der Waals surface area contributed by atoms with Crippen LogP contribution in [0.4, 0.5) is 0 Å². The standard InChI is InChI=1S/C20H19BrN2O2/c1-4-20(2,3)23-19(24)13-7-5-6-12-16(13)22-17-14-10-11(21)8-9-15(14)25-18(12)17/h5-10,22H,4H2,1-3H3,(H,23,24). The number of hydrogen-bond acceptors (Lipinski definition) is 2. The minimum atomic E-state index is -0.247. The zero-order valence-corrected chi connectivity index (χ0v) is 16.0. The van der Waals surface area contributed by atoms with Crippen molar-refractivity contribution in [2.75, 3.05) is 0 Å². The number of carbonyl (C=O) groups is 1. The van der Waals surface area contributed by atoms with Crippen molar-refractivity contribution in [3.8, 4) is 0 Å². The number of aromatic amines is 1. The van der Waals surface area contributed by atoms with Crippen molar-refractivity contribution in [2.24, 2.45) is 0 Å². The van der Waals surface area contributed by atoms with E-state index in [1.807, 2.05) is 50.2 Å². The Kier molecular flexibility index (Phi) is 3.65. The number of amides is 1. The van der Waals surface area contributed by atoms with Gasteiger partial charge in [0.25, 0.3) is 5.91 Å². The third-order valence-corrected chi connectivity index (χ3v) is 5.28. The molecule has 0 radical (unpaired) electrons. The molecule has 0 atom stereocenters. The molecule has 2 heterocycles. The summed E-state index contributed by atoms with van der Waals surface area (Å²) >= 11 is 3.51. The highest BCUT2D eigenvalue weighted by Crippen LogP contribution is 2.36. The minimum Gasteiger partial charge on any atom is -0.454 e. The van der Waals surface area contributed by atoms with E-state index < -0.39 is 0 Å². The SMILES string of the molecule is CCC(C)(C)NC(=O)c1cccc2c1[nH]c1c3cc(Br)ccc3oc21. The molecule has 4 aromatic rings. The fourth-order valence-electron chi connectivity index (χ4n) is 3.04. The van der Waals surface area contributed by atoms with Gasteiger partial charge in [0, 0.05) is 20.8 Å². The average Bonchev–Trinajstić information content (AvgIpc) is 3.10. The summed E-state index contributed by atoms with van der Waals surface area (Å²) < 4.78 is 7.02. The summed E-state index contributed by atoms with van der Waals surface area (Å²) in [6.07, 6.45) is 0.862. The number of carbonyl (C=O) groups excluding carboxylic acids is 1. The maximum atomic E-state index is 12.8. The van der Waals surface area contributed by atoms with E-state index in [0.717, 1.165) is 43.9 Å². The van der Waals surface area contributed by atoms with Gasteiger partial charge in [0.15, 0.2) is 5.58 Å². The van der Waals surface area contributed by atoms with Crippen LogP contribution in [0.5, 0.6) is 0 Å². The van der Waals surface area contributed by atoms with Crippen LogP contribution in [-0.2, 0) is 0 Å². The van der Waals surface area contributed by atoms with Gasteiger partial charge in [0.1, 0.15) is 5.58 Å². The lowest BCUT2D eigenvalue weighted by Gasteiger charge is -2.24. The largest absolute Gasteiger partial charge is 0.454 e. The lowest BCUT2D eigenvalue weighted by molar-refractivity contribution is 0.0913. The second kappa shape index (κ2) is 5.63. The fourth-order valence-corrected chi connectivity index (χ4v) is 3.40. The van der Waals surface area contributed by atoms with Crippen LogP contribution in [0.2, 0.25) is 0 Å². The van der Waals surface area contributed by atoms with Gasteiger partial charge in [-0.3, -0.25) is 4.79 Å². The first-order chi connectivity index (χ1) is 11.9. The van der Waals surface area contributed by atoms with E-state index in [1.54, 1.807) is 0 Å². The predicted octanol–water partition coefficient (Wildman–Crippen LogP) is 5.75. The molecule has 2 N–H and O–H groups in total. The van der Waals surface area contributed by atoms with Crippen LogP contribution < -0.4 is 5.32 Å². The predicted molar refractivity (Wildman–Crippen MR) is 105 cm³/mol. The molecule has 0 fully saturated rings. The lowest BCUT2D eigenvalue weighted by atomic mass is 10.0. The number of aromatic nitrogens is 1. The molecule has 2 aromatic heterocycles. The van der Waals surface area contributed by atoms with Gasteiger partial charge < -0.3 is 14.7 Å². The molecule has 0 aliphatic rings. The van der Waals surface area contributed by atoms with Crippen molar-refractivity contribution < 1.29 is 9.21 Å². The highest BCUT2D eigenvalue weighted by atomic mass is 79.9. The van der Waals surface area contributed by atoms with Gasteiger partial charge >= 0.3 is 0 Å². The number of furan rings is 1. The second-order valence-corrected chi connectivity index (χ2v) is 7.91. The van der Waals surface area contributed by atoms with Gasteiger partial charge in [0.2, 0.25) is 0 Å². The van der Waals surface area contributed by atoms with Gasteiger partial charge in [-0.25, -0.2) is 0 Å². The molecule has 2 aromatic carbocycles. The molecule has 0 saturated carbocycles. The van der Waals surface area contributed by atoms with Crippen molar-refractivity contribution in [2.45, 2.75) is 32.7 Å². The first kappa shape index (κ1) is 16.2. The van der Waals surface area contributed by atoms with Crippen LogP contribution in [-0.4, -0.2) is 16.4 Å². The number of fused-ring (bicyclic) bond motifs is 5. The molecule has 0 aliphatic heterocycles. The Labute approximate surface area is 153 Å². The Hall–Kier alpha value is -2.27. The number of para-hydroxylation sites is 1. The first-order valence-corrected chi connectivity index (χ1v) is 9.14. The van der Waals surface area contributed by atoms with E-state index in [4.69, 9.17) is 4.42 Å². The third-order valence-electron chi connectivity index (χ3n) is 4.79. The topological polar surface area (TPSA) is 58.0 Å². The maximum Gasteiger partial charge on any atom is 0.253 e. The summed E-state index contributed by atoms with van der Waals surface area (Å²) in [6, 6.07) is 11.6. The molecule has 1 amide bonds. The smallest absolute Gasteiger partial charge is 0.253 e. The number of halogens is 1. The summed E-state index contributed by atoms with van der Waals surface area (Å²) in [5.74, 6) is -0.0770. The fraction of sp³-hybridized carbons (Fsp3) is 0.250. The molecule has 0 aliphatic carbocycles. The van der Waals surface area contributed by atoms with Crippen LogP contribution in [0.15, 0.2) is 45.3 Å². The van der Waals surface area contributed by atoms with Gasteiger partial charge in [-0.15, -0.1) is 0 Å². The van der Waals surface area contributed by atoms with Crippen molar-refractivity contribution in [3.63, 3.8) is 0 Å². The maximum absolute atomic E-state index is 12.8. The molecule has 0 spiro atoms. The van der Waals surface area contributed by atoms with Crippen LogP contribution in [0.1, 0.15) is 37.6 Å². The van der Waals surface area contributed by atoms with E-state index in [9.17, 15) is 4.79 Å². The van der Waals surface area contributed by atoms with E-state index in [0.29, 0.717) is 5.56 Å². The summed E-state index contributed by atoms with van der Waals surface area (Å²) in [4.78, 5) is 16.2. The van der Waals surface area contributed by atoms with E-state index in [1.165, 1.54) is 0 Å². The number of H-pyrrole nitrogens is 1. The Morgan fingerprint density at radius 1 is 1.20 bits per heavy atom. The molecule has 128 valence electrons. The van der Waals surface area contributed by atoms with Crippen LogP contribution >= 0.6 is 15.9 Å². The monoisotopic (exact) mass is 398 g/mol. The van der Waals surface area contributed by atoms with Crippen LogP contribution in [0.3, 0.4) is 0 Å². The number of benzene rings is 2. The zero-order chi connectivity index (χ0) is 17.8. The Morgan fingerprint density at radius 3 is 2.76 bits per heavy atom. The summed E-state index contributed by atoms with van der Waals surface area (Å²) in [5.41, 5.74) is 3.72. The highest BCUT2D eigenvalue weighted by molar-refractivity contribution is 9.10. The Bertz CT molecular complexity index is 1120. The van der Waals surface area contributed by atoms with Crippen LogP contribution in [0.25, 0.3) is 33.0 Å². The van der Waals surface area contributed by atoms with Gasteiger partial charge in [-0.2, -0.15) is 0 Å². The molecule has 25 heavy (non-hydrogen) atoms. The number of hydrogen-bond donors (Lipinski definition) is 2. The van der Waals surface area contributed by atoms with E-state index in [-0.39, 0.29) is 11.4 Å². The zero-order valence-electron chi connectivity index (χ0n) is 14.4. The van der Waals surface area contributed by atoms with Gasteiger partial charge in [-0.05, 0) is 50.6 Å². The molecule has 4 nitrogen and oxygen atoms in total. The van der Waals surface area contributed by atoms with Gasteiger partial charge in [0.05, 0.1) is 16.6 Å². The number of nitrogens with one attached hydrogen (secondary N) is 2. The normalized spacial score (nSPS) is 12.3. The third kappa shape index (κ3) is 2.63. The summed E-state index contributed by atoms with van der Waals surface area (Å²) in [5, 5.41) is 5.02. The first-order valence-electron chi connectivity index (χ1n) is 8.34. The highest BCUT2D eigenvalue weighted by Gasteiger charge is 2.22. The summed E-state index contributed by atoms with van der Waals surface area (Å²) in [6.45, 7) is 6.11. The molecule has 0 bridgehead atoms. The molecule has 0 unspecified atom stereocenters. The van der Waals surface area contributed by atoms with Crippen molar-refractivity contribution in [1.82, 2.24) is 10.3 Å². The lowest BCUT2D eigenvalue weighted by Crippen LogP contribution is -2.42. The Balaban J connectivity index is 1.92. The van der Waals surface area contributed by atoms with Crippen molar-refractivity contribution in [1.29, 1.82) is 0 Å². The molecular weight excluding hydrogens is 380 g/mol. The second-order valence-electron chi connectivity index (χ2n) is 6.99. The quantitative estimate of drug-likeness (QED) is 0.461. The van der Waals surface area contributed by atoms with E-state index in [2.05, 4.69) is 33.2 Å². The molecule has 0 saturated heterocycles.